The van der Waals surface area contributed by atoms with E-state index in [2.05, 4.69) is 0 Å². The average Bonchev–Trinajstić information content (AvgIpc) is 2.50. The van der Waals surface area contributed by atoms with E-state index >= 15 is 0 Å². The number of nitro benzene ring substituents is 1. The Morgan fingerprint density at radius 3 is 2.36 bits per heavy atom. The number of methoxy groups -OCH3 is 1. The summed E-state index contributed by atoms with van der Waals surface area (Å²) in [5.74, 6) is 0.217. The highest BCUT2D eigenvalue weighted by molar-refractivity contribution is 5.36. The third kappa shape index (κ3) is 3.51. The van der Waals surface area contributed by atoms with Crippen LogP contribution < -0.4 is 4.74 Å². The Labute approximate surface area is 125 Å². The van der Waals surface area contributed by atoms with Crippen LogP contribution in [0.25, 0.3) is 0 Å². The molecule has 0 aromatic heterocycles. The van der Waals surface area contributed by atoms with Gasteiger partial charge in [-0.15, -0.1) is 0 Å². The lowest BCUT2D eigenvalue weighted by Crippen LogP contribution is -2.60. The fraction of sp³-hybridized carbons (Fsp3) is 0.538. The molecule has 0 amide bonds. The Balaban J connectivity index is 2.08. The van der Waals surface area contributed by atoms with E-state index in [9.17, 15) is 25.4 Å². The summed E-state index contributed by atoms with van der Waals surface area (Å²) in [6.45, 7) is 0.00503. The van der Waals surface area contributed by atoms with Crippen LogP contribution in [0.3, 0.4) is 0 Å². The van der Waals surface area contributed by atoms with Gasteiger partial charge in [0.2, 0.25) is 6.29 Å². The number of rotatable bonds is 5. The van der Waals surface area contributed by atoms with Gasteiger partial charge in [-0.3, -0.25) is 10.1 Å². The van der Waals surface area contributed by atoms with Gasteiger partial charge >= 0.3 is 0 Å². The quantitative estimate of drug-likeness (QED) is 0.486. The first-order chi connectivity index (χ1) is 10.4. The van der Waals surface area contributed by atoms with Gasteiger partial charge in [0.05, 0.1) is 11.5 Å². The van der Waals surface area contributed by atoms with Crippen LogP contribution in [0.5, 0.6) is 5.75 Å². The van der Waals surface area contributed by atoms with Gasteiger partial charge in [-0.1, -0.05) is 0 Å². The minimum atomic E-state index is -1.47. The smallest absolute Gasteiger partial charge is 0.269 e. The molecule has 0 unspecified atom stereocenters. The van der Waals surface area contributed by atoms with E-state index in [0.717, 1.165) is 0 Å². The summed E-state index contributed by atoms with van der Waals surface area (Å²) in [6, 6.07) is 5.17. The summed E-state index contributed by atoms with van der Waals surface area (Å²) < 4.78 is 15.6. The van der Waals surface area contributed by atoms with E-state index in [1.165, 1.54) is 31.4 Å². The second-order valence-electron chi connectivity index (χ2n) is 4.84. The molecule has 22 heavy (non-hydrogen) atoms. The summed E-state index contributed by atoms with van der Waals surface area (Å²) in [4.78, 5) is 10.0. The number of aliphatic hydroxyl groups is 3. The molecule has 122 valence electrons. The Bertz CT molecular complexity index is 507. The standard InChI is InChI=1S/C13H17NO8/c1-20-6-9-10(15)11(16)12(17)13(22-9)21-8-4-2-7(3-5-8)14(18)19/h2-5,9-13,15-17H,6H2,1H3/t9-,10+,11+,12-,13-/m1/s1. The molecule has 1 aliphatic heterocycles. The molecule has 3 N–H and O–H groups in total. The lowest BCUT2D eigenvalue weighted by molar-refractivity contribution is -0.384. The maximum atomic E-state index is 10.6. The summed E-state index contributed by atoms with van der Waals surface area (Å²) in [5, 5.41) is 40.0. The monoisotopic (exact) mass is 315 g/mol. The molecule has 9 nitrogen and oxygen atoms in total. The van der Waals surface area contributed by atoms with Gasteiger partial charge in [-0.25, -0.2) is 0 Å². The van der Waals surface area contributed by atoms with Gasteiger partial charge in [0.15, 0.2) is 0 Å². The fourth-order valence-electron chi connectivity index (χ4n) is 2.10. The van der Waals surface area contributed by atoms with Crippen LogP contribution in [0.2, 0.25) is 0 Å². The van der Waals surface area contributed by atoms with Gasteiger partial charge in [0.25, 0.3) is 5.69 Å². The van der Waals surface area contributed by atoms with Gasteiger partial charge < -0.3 is 29.5 Å². The Hall–Kier alpha value is -1.78. The van der Waals surface area contributed by atoms with E-state index in [1.54, 1.807) is 0 Å². The van der Waals surface area contributed by atoms with Gasteiger partial charge in [0.1, 0.15) is 30.2 Å². The van der Waals surface area contributed by atoms with Crippen molar-refractivity contribution in [3.63, 3.8) is 0 Å². The predicted octanol–water partition coefficient (Wildman–Crippen LogP) is -0.572. The van der Waals surface area contributed by atoms with Gasteiger partial charge in [0, 0.05) is 19.2 Å². The number of non-ortho nitro benzene ring substituents is 1. The lowest BCUT2D eigenvalue weighted by Gasteiger charge is -2.39. The van der Waals surface area contributed by atoms with Crippen LogP contribution in [-0.2, 0) is 9.47 Å². The minimum Gasteiger partial charge on any atom is -0.462 e. The molecule has 0 saturated carbocycles. The Morgan fingerprint density at radius 1 is 1.18 bits per heavy atom. The normalized spacial score (nSPS) is 31.7. The molecule has 1 saturated heterocycles. The summed E-state index contributed by atoms with van der Waals surface area (Å²) in [5.41, 5.74) is -0.106. The summed E-state index contributed by atoms with van der Waals surface area (Å²) in [6.07, 6.45) is -6.35. The van der Waals surface area contributed by atoms with Crippen LogP contribution in [-0.4, -0.2) is 64.7 Å². The third-order valence-corrected chi connectivity index (χ3v) is 3.30. The molecule has 1 aromatic carbocycles. The molecule has 1 fully saturated rings. The number of nitrogens with zero attached hydrogens (tertiary/aromatic N) is 1. The second kappa shape index (κ2) is 6.99. The minimum absolute atomic E-state index is 0.00503. The van der Waals surface area contributed by atoms with Crippen LogP contribution in [0.15, 0.2) is 24.3 Å². The van der Waals surface area contributed by atoms with Crippen molar-refractivity contribution in [2.24, 2.45) is 0 Å². The highest BCUT2D eigenvalue weighted by Crippen LogP contribution is 2.25. The number of hydrogen-bond acceptors (Lipinski definition) is 8. The number of ether oxygens (including phenoxy) is 3. The zero-order chi connectivity index (χ0) is 16.3. The van der Waals surface area contributed by atoms with Crippen molar-refractivity contribution in [2.45, 2.75) is 30.7 Å². The van der Waals surface area contributed by atoms with E-state index in [4.69, 9.17) is 14.2 Å². The van der Waals surface area contributed by atoms with Crippen molar-refractivity contribution in [1.29, 1.82) is 0 Å². The maximum Gasteiger partial charge on any atom is 0.269 e. The summed E-state index contributed by atoms with van der Waals surface area (Å²) in [7, 11) is 1.40. The average molecular weight is 315 g/mol. The first-order valence-electron chi connectivity index (χ1n) is 6.53. The van der Waals surface area contributed by atoms with E-state index in [0.29, 0.717) is 0 Å². The second-order valence-corrected chi connectivity index (χ2v) is 4.84. The van der Waals surface area contributed by atoms with Crippen LogP contribution >= 0.6 is 0 Å². The van der Waals surface area contributed by atoms with Crippen molar-refractivity contribution < 1.29 is 34.5 Å². The van der Waals surface area contributed by atoms with E-state index in [1.807, 2.05) is 0 Å². The van der Waals surface area contributed by atoms with Crippen molar-refractivity contribution in [2.75, 3.05) is 13.7 Å². The Morgan fingerprint density at radius 2 is 1.82 bits per heavy atom. The lowest BCUT2D eigenvalue weighted by atomic mass is 9.99. The van der Waals surface area contributed by atoms with Gasteiger partial charge in [-0.05, 0) is 12.1 Å². The molecule has 9 heteroatoms. The third-order valence-electron chi connectivity index (χ3n) is 3.30. The zero-order valence-corrected chi connectivity index (χ0v) is 11.7. The number of aliphatic hydroxyl groups excluding tert-OH is 3. The van der Waals surface area contributed by atoms with E-state index < -0.39 is 35.6 Å². The SMILES string of the molecule is COC[C@H]1O[C@@H](Oc2ccc([N+](=O)[O-])cc2)[C@H](O)[C@@H](O)[C@H]1O. The van der Waals surface area contributed by atoms with Crippen LogP contribution in [0.1, 0.15) is 0 Å². The van der Waals surface area contributed by atoms with Crippen molar-refractivity contribution >= 4 is 5.69 Å². The fourth-order valence-corrected chi connectivity index (χ4v) is 2.10. The summed E-state index contributed by atoms with van der Waals surface area (Å²) >= 11 is 0. The molecule has 0 aliphatic carbocycles. The van der Waals surface area contributed by atoms with Crippen molar-refractivity contribution in [3.05, 3.63) is 34.4 Å². The van der Waals surface area contributed by atoms with Crippen LogP contribution in [0, 0.1) is 10.1 Å². The molecular formula is C13H17NO8. The van der Waals surface area contributed by atoms with Crippen molar-refractivity contribution in [3.8, 4) is 5.75 Å². The van der Waals surface area contributed by atoms with Gasteiger partial charge in [-0.2, -0.15) is 0 Å². The largest absolute Gasteiger partial charge is 0.462 e. The first kappa shape index (κ1) is 16.6. The Kier molecular flexibility index (Phi) is 5.27. The number of benzene rings is 1. The number of nitro groups is 1. The highest BCUT2D eigenvalue weighted by atomic mass is 16.7. The molecule has 0 radical (unpaired) electrons. The molecule has 5 atom stereocenters. The molecular weight excluding hydrogens is 298 g/mol. The molecule has 0 bridgehead atoms. The molecule has 1 heterocycles. The topological polar surface area (TPSA) is 132 Å². The maximum absolute atomic E-state index is 10.6. The van der Waals surface area contributed by atoms with Crippen LogP contribution in [0.4, 0.5) is 5.69 Å². The predicted molar refractivity (Wildman–Crippen MR) is 72.3 cm³/mol. The molecule has 1 aromatic rings. The number of hydrogen-bond donors (Lipinski definition) is 3. The highest BCUT2D eigenvalue weighted by Gasteiger charge is 2.44. The van der Waals surface area contributed by atoms with Crippen molar-refractivity contribution in [1.82, 2.24) is 0 Å². The van der Waals surface area contributed by atoms with E-state index in [-0.39, 0.29) is 18.0 Å². The first-order valence-corrected chi connectivity index (χ1v) is 6.53. The molecule has 2 rings (SSSR count). The zero-order valence-electron chi connectivity index (χ0n) is 11.7. The molecule has 1 aliphatic rings. The molecule has 0 spiro atoms.